The number of nitrogens with zero attached hydrogens (tertiary/aromatic N) is 2. The number of nitrogens with one attached hydrogen (secondary N) is 1. The summed E-state index contributed by atoms with van der Waals surface area (Å²) >= 11 is 2.77. The molecular formula is C16H21N3O2S2. The average molecular weight is 351 g/mol. The Kier molecular flexibility index (Phi) is 4.96. The third-order valence-electron chi connectivity index (χ3n) is 4.27. The molecule has 7 heteroatoms. The number of fused-ring (bicyclic) bond motifs is 1. The van der Waals surface area contributed by atoms with Crippen LogP contribution in [0.1, 0.15) is 46.8 Å². The maximum absolute atomic E-state index is 12.2. The van der Waals surface area contributed by atoms with E-state index in [0.29, 0.717) is 5.13 Å². The average Bonchev–Trinajstić information content (AvgIpc) is 2.94. The molecule has 0 radical (unpaired) electrons. The first-order valence-corrected chi connectivity index (χ1v) is 9.63. The second-order valence-corrected chi connectivity index (χ2v) is 8.20. The smallest absolute Gasteiger partial charge is 0.300 e. The van der Waals surface area contributed by atoms with Gasteiger partial charge in [0, 0.05) is 15.4 Å². The standard InChI is InChI=1S/C16H21N3O2S2/c1-10-11(2)22-16(21)19(10)9-14(20)18-15-17-12-7-5-3-4-6-8-13(12)23-15/h3-9H2,1-2H3,(H,17,18,20). The highest BCUT2D eigenvalue weighted by Gasteiger charge is 2.16. The van der Waals surface area contributed by atoms with Crippen molar-refractivity contribution in [1.82, 2.24) is 9.55 Å². The molecule has 23 heavy (non-hydrogen) atoms. The molecule has 3 rings (SSSR count). The summed E-state index contributed by atoms with van der Waals surface area (Å²) in [6.07, 6.45) is 6.98. The lowest BCUT2D eigenvalue weighted by molar-refractivity contribution is -0.116. The fourth-order valence-corrected chi connectivity index (χ4v) is 4.73. The van der Waals surface area contributed by atoms with E-state index in [1.165, 1.54) is 46.5 Å². The molecule has 1 N–H and O–H groups in total. The van der Waals surface area contributed by atoms with Crippen molar-refractivity contribution in [2.45, 2.75) is 58.9 Å². The van der Waals surface area contributed by atoms with E-state index in [0.717, 1.165) is 29.1 Å². The third-order valence-corrected chi connectivity index (χ3v) is 6.34. The molecule has 0 aromatic carbocycles. The summed E-state index contributed by atoms with van der Waals surface area (Å²) < 4.78 is 1.53. The van der Waals surface area contributed by atoms with Crippen molar-refractivity contribution < 1.29 is 4.79 Å². The van der Waals surface area contributed by atoms with Crippen molar-refractivity contribution in [3.05, 3.63) is 30.8 Å². The summed E-state index contributed by atoms with van der Waals surface area (Å²) in [5.41, 5.74) is 2.01. The molecule has 2 aromatic rings. The Balaban J connectivity index is 1.70. The molecule has 2 heterocycles. The number of carbonyl (C=O) groups excluding carboxylic acids is 1. The summed E-state index contributed by atoms with van der Waals surface area (Å²) in [5, 5.41) is 3.53. The van der Waals surface area contributed by atoms with Gasteiger partial charge in [0.2, 0.25) is 5.91 Å². The number of aromatic nitrogens is 2. The molecule has 0 atom stereocenters. The predicted octanol–water partition coefficient (Wildman–Crippen LogP) is 3.28. The van der Waals surface area contributed by atoms with Crippen LogP contribution in [-0.2, 0) is 24.2 Å². The van der Waals surface area contributed by atoms with Crippen LogP contribution >= 0.6 is 22.7 Å². The lowest BCUT2D eigenvalue weighted by atomic mass is 10.0. The van der Waals surface area contributed by atoms with Crippen LogP contribution in [0.25, 0.3) is 0 Å². The van der Waals surface area contributed by atoms with Crippen LogP contribution in [0.3, 0.4) is 0 Å². The second-order valence-electron chi connectivity index (χ2n) is 5.95. The van der Waals surface area contributed by atoms with Gasteiger partial charge in [0.05, 0.1) is 5.69 Å². The first-order chi connectivity index (χ1) is 11.0. The van der Waals surface area contributed by atoms with Crippen LogP contribution in [0, 0.1) is 13.8 Å². The lowest BCUT2D eigenvalue weighted by Gasteiger charge is -2.06. The van der Waals surface area contributed by atoms with Gasteiger partial charge in [0.25, 0.3) is 0 Å². The number of hydrogen-bond donors (Lipinski definition) is 1. The summed E-state index contributed by atoms with van der Waals surface area (Å²) in [4.78, 5) is 30.9. The quantitative estimate of drug-likeness (QED) is 0.923. The highest BCUT2D eigenvalue weighted by atomic mass is 32.1. The third kappa shape index (κ3) is 3.72. The maximum atomic E-state index is 12.2. The molecule has 0 saturated heterocycles. The Morgan fingerprint density at radius 2 is 1.91 bits per heavy atom. The zero-order valence-corrected chi connectivity index (χ0v) is 15.1. The highest BCUT2D eigenvalue weighted by molar-refractivity contribution is 7.15. The first kappa shape index (κ1) is 16.4. The van der Waals surface area contributed by atoms with Gasteiger partial charge in [-0.2, -0.15) is 0 Å². The Hall–Kier alpha value is -1.47. The zero-order valence-electron chi connectivity index (χ0n) is 13.5. The van der Waals surface area contributed by atoms with Crippen LogP contribution in [0.4, 0.5) is 5.13 Å². The minimum absolute atomic E-state index is 0.0548. The molecular weight excluding hydrogens is 330 g/mol. The van der Waals surface area contributed by atoms with Crippen molar-refractivity contribution >= 4 is 33.7 Å². The highest BCUT2D eigenvalue weighted by Crippen LogP contribution is 2.28. The van der Waals surface area contributed by atoms with Gasteiger partial charge in [-0.1, -0.05) is 24.2 Å². The van der Waals surface area contributed by atoms with Crippen molar-refractivity contribution in [1.29, 1.82) is 0 Å². The second kappa shape index (κ2) is 6.97. The number of aryl methyl sites for hydroxylation is 3. The minimum Gasteiger partial charge on any atom is -0.300 e. The summed E-state index contributed by atoms with van der Waals surface area (Å²) in [6, 6.07) is 0. The molecule has 1 aliphatic rings. The van der Waals surface area contributed by atoms with E-state index in [1.54, 1.807) is 11.3 Å². The molecule has 124 valence electrons. The van der Waals surface area contributed by atoms with Gasteiger partial charge in [0.15, 0.2) is 5.13 Å². The van der Waals surface area contributed by atoms with Gasteiger partial charge in [-0.15, -0.1) is 11.3 Å². The van der Waals surface area contributed by atoms with Crippen molar-refractivity contribution in [3.63, 3.8) is 0 Å². The molecule has 0 unspecified atom stereocenters. The Labute approximate surface area is 143 Å². The van der Waals surface area contributed by atoms with E-state index in [-0.39, 0.29) is 17.3 Å². The summed E-state index contributed by atoms with van der Waals surface area (Å²) in [6.45, 7) is 3.82. The predicted molar refractivity (Wildman–Crippen MR) is 94.7 cm³/mol. The normalized spacial score (nSPS) is 14.9. The van der Waals surface area contributed by atoms with Gasteiger partial charge in [-0.05, 0) is 39.5 Å². The molecule has 2 aromatic heterocycles. The largest absolute Gasteiger partial charge is 0.308 e. The summed E-state index contributed by atoms with van der Waals surface area (Å²) in [5.74, 6) is -0.185. The van der Waals surface area contributed by atoms with Gasteiger partial charge in [0.1, 0.15) is 6.54 Å². The van der Waals surface area contributed by atoms with Gasteiger partial charge in [-0.3, -0.25) is 14.2 Å². The summed E-state index contributed by atoms with van der Waals surface area (Å²) in [7, 11) is 0. The number of amides is 1. The monoisotopic (exact) mass is 351 g/mol. The Morgan fingerprint density at radius 1 is 1.17 bits per heavy atom. The molecule has 0 fully saturated rings. The molecule has 0 bridgehead atoms. The van der Waals surface area contributed by atoms with Crippen molar-refractivity contribution in [3.8, 4) is 0 Å². The minimum atomic E-state index is -0.185. The van der Waals surface area contributed by atoms with Gasteiger partial charge < -0.3 is 5.32 Å². The number of rotatable bonds is 3. The Bertz CT molecular complexity index is 747. The van der Waals surface area contributed by atoms with E-state index >= 15 is 0 Å². The SMILES string of the molecule is Cc1sc(=O)n(CC(=O)Nc2nc3c(s2)CCCCCC3)c1C. The van der Waals surface area contributed by atoms with E-state index < -0.39 is 0 Å². The molecule has 5 nitrogen and oxygen atoms in total. The fraction of sp³-hybridized carbons (Fsp3) is 0.562. The molecule has 0 saturated carbocycles. The van der Waals surface area contributed by atoms with Crippen LogP contribution in [0.5, 0.6) is 0 Å². The van der Waals surface area contributed by atoms with E-state index in [9.17, 15) is 9.59 Å². The molecule has 1 aliphatic carbocycles. The molecule has 0 spiro atoms. The van der Waals surface area contributed by atoms with Gasteiger partial charge in [-0.25, -0.2) is 4.98 Å². The maximum Gasteiger partial charge on any atom is 0.308 e. The number of hydrogen-bond acceptors (Lipinski definition) is 5. The number of thiazole rings is 2. The van der Waals surface area contributed by atoms with Gasteiger partial charge >= 0.3 is 4.87 Å². The van der Waals surface area contributed by atoms with E-state index in [4.69, 9.17) is 0 Å². The first-order valence-electron chi connectivity index (χ1n) is 8.00. The zero-order chi connectivity index (χ0) is 16.4. The van der Waals surface area contributed by atoms with Crippen molar-refractivity contribution in [2.75, 3.05) is 5.32 Å². The van der Waals surface area contributed by atoms with E-state index in [1.807, 2.05) is 13.8 Å². The van der Waals surface area contributed by atoms with Crippen LogP contribution in [-0.4, -0.2) is 15.5 Å². The van der Waals surface area contributed by atoms with Crippen LogP contribution in [0.2, 0.25) is 0 Å². The number of carbonyl (C=O) groups is 1. The van der Waals surface area contributed by atoms with Crippen LogP contribution < -0.4 is 10.2 Å². The van der Waals surface area contributed by atoms with Crippen molar-refractivity contribution in [2.24, 2.45) is 0 Å². The fourth-order valence-electron chi connectivity index (χ4n) is 2.83. The molecule has 1 amide bonds. The number of anilines is 1. The lowest BCUT2D eigenvalue weighted by Crippen LogP contribution is -2.25. The van der Waals surface area contributed by atoms with Crippen LogP contribution in [0.15, 0.2) is 4.79 Å². The molecule has 0 aliphatic heterocycles. The Morgan fingerprint density at radius 3 is 2.61 bits per heavy atom. The topological polar surface area (TPSA) is 64.0 Å². The van der Waals surface area contributed by atoms with E-state index in [2.05, 4.69) is 10.3 Å².